The molecule has 0 saturated heterocycles. The minimum Gasteiger partial charge on any atom is -0.478 e. The van der Waals surface area contributed by atoms with Gasteiger partial charge in [0.15, 0.2) is 0 Å². The summed E-state index contributed by atoms with van der Waals surface area (Å²) in [6.07, 6.45) is 9.55. The van der Waals surface area contributed by atoms with Gasteiger partial charge in [-0.1, -0.05) is 37.0 Å². The van der Waals surface area contributed by atoms with Gasteiger partial charge in [-0.15, -0.1) is 6.58 Å². The van der Waals surface area contributed by atoms with Crippen LogP contribution in [0.3, 0.4) is 0 Å². The summed E-state index contributed by atoms with van der Waals surface area (Å²) in [5.41, 5.74) is 0.378. The normalized spacial score (nSPS) is 11.5. The first kappa shape index (κ1) is 11.4. The van der Waals surface area contributed by atoms with Crippen molar-refractivity contribution in [1.29, 1.82) is 0 Å². The lowest BCUT2D eigenvalue weighted by atomic mass is 10.1. The molecule has 2 nitrogen and oxygen atoms in total. The van der Waals surface area contributed by atoms with Gasteiger partial charge in [0.25, 0.3) is 0 Å². The van der Waals surface area contributed by atoms with Crippen LogP contribution >= 0.6 is 0 Å². The number of hydrogen-bond donors (Lipinski definition) is 1. The molecule has 0 saturated carbocycles. The average molecular weight is 178 g/mol. The molecule has 0 rings (SSSR count). The SMILES string of the molecule is C=CC=CCC=C(CC=C)C(=O)O. The van der Waals surface area contributed by atoms with Crippen molar-refractivity contribution in [2.24, 2.45) is 0 Å². The van der Waals surface area contributed by atoms with Crippen LogP contribution in [-0.2, 0) is 4.79 Å². The van der Waals surface area contributed by atoms with E-state index in [9.17, 15) is 4.79 Å². The molecule has 0 fully saturated rings. The van der Waals surface area contributed by atoms with Gasteiger partial charge < -0.3 is 5.11 Å². The monoisotopic (exact) mass is 178 g/mol. The molecule has 0 bridgehead atoms. The van der Waals surface area contributed by atoms with Gasteiger partial charge in [0.2, 0.25) is 0 Å². The van der Waals surface area contributed by atoms with Crippen molar-refractivity contribution in [2.75, 3.05) is 0 Å². The first-order valence-corrected chi connectivity index (χ1v) is 4.03. The Kier molecular flexibility index (Phi) is 6.24. The fraction of sp³-hybridized carbons (Fsp3) is 0.182. The predicted molar refractivity (Wildman–Crippen MR) is 54.5 cm³/mol. The fourth-order valence-corrected chi connectivity index (χ4v) is 0.799. The van der Waals surface area contributed by atoms with Crippen LogP contribution in [0.15, 0.2) is 49.1 Å². The summed E-state index contributed by atoms with van der Waals surface area (Å²) in [6, 6.07) is 0. The number of carboxylic acids is 1. The highest BCUT2D eigenvalue weighted by molar-refractivity contribution is 5.86. The van der Waals surface area contributed by atoms with Gasteiger partial charge in [-0.05, 0) is 12.8 Å². The van der Waals surface area contributed by atoms with Crippen molar-refractivity contribution in [3.05, 3.63) is 49.1 Å². The van der Waals surface area contributed by atoms with Crippen LogP contribution in [0.25, 0.3) is 0 Å². The minimum atomic E-state index is -0.882. The second-order valence-corrected chi connectivity index (χ2v) is 2.43. The van der Waals surface area contributed by atoms with Crippen LogP contribution in [0.4, 0.5) is 0 Å². The quantitative estimate of drug-likeness (QED) is 0.385. The summed E-state index contributed by atoms with van der Waals surface area (Å²) < 4.78 is 0. The van der Waals surface area contributed by atoms with Gasteiger partial charge in [0.05, 0.1) is 0 Å². The zero-order valence-corrected chi connectivity index (χ0v) is 7.57. The maximum Gasteiger partial charge on any atom is 0.331 e. The third-order valence-electron chi connectivity index (χ3n) is 1.41. The largest absolute Gasteiger partial charge is 0.478 e. The lowest BCUT2D eigenvalue weighted by molar-refractivity contribution is -0.132. The van der Waals surface area contributed by atoms with Crippen LogP contribution in [-0.4, -0.2) is 11.1 Å². The molecule has 0 aliphatic rings. The van der Waals surface area contributed by atoms with Crippen molar-refractivity contribution in [2.45, 2.75) is 12.8 Å². The van der Waals surface area contributed by atoms with E-state index in [0.29, 0.717) is 18.4 Å². The summed E-state index contributed by atoms with van der Waals surface area (Å²) in [5.74, 6) is -0.882. The Balaban J connectivity index is 4.18. The van der Waals surface area contributed by atoms with Crippen molar-refractivity contribution in [3.8, 4) is 0 Å². The second-order valence-electron chi connectivity index (χ2n) is 2.43. The number of carbonyl (C=O) groups is 1. The molecule has 13 heavy (non-hydrogen) atoms. The van der Waals surface area contributed by atoms with Crippen LogP contribution in [0, 0.1) is 0 Å². The van der Waals surface area contributed by atoms with Crippen molar-refractivity contribution in [1.82, 2.24) is 0 Å². The Morgan fingerprint density at radius 1 is 1.38 bits per heavy atom. The third-order valence-corrected chi connectivity index (χ3v) is 1.41. The number of hydrogen-bond acceptors (Lipinski definition) is 1. The molecular weight excluding hydrogens is 164 g/mol. The van der Waals surface area contributed by atoms with E-state index < -0.39 is 5.97 Å². The van der Waals surface area contributed by atoms with E-state index in [0.717, 1.165) is 0 Å². The average Bonchev–Trinajstić information content (AvgIpc) is 2.10. The van der Waals surface area contributed by atoms with Crippen molar-refractivity contribution < 1.29 is 9.90 Å². The Morgan fingerprint density at radius 3 is 2.54 bits per heavy atom. The van der Waals surface area contributed by atoms with Gasteiger partial charge in [-0.25, -0.2) is 4.79 Å². The van der Waals surface area contributed by atoms with Gasteiger partial charge in [0, 0.05) is 5.57 Å². The van der Waals surface area contributed by atoms with Crippen LogP contribution in [0.2, 0.25) is 0 Å². The van der Waals surface area contributed by atoms with E-state index >= 15 is 0 Å². The highest BCUT2D eigenvalue weighted by Crippen LogP contribution is 2.04. The summed E-state index contributed by atoms with van der Waals surface area (Å²) in [4.78, 5) is 10.6. The molecule has 0 aromatic rings. The molecular formula is C11H14O2. The first-order chi connectivity index (χ1) is 6.22. The van der Waals surface area contributed by atoms with E-state index in [1.165, 1.54) is 0 Å². The number of allylic oxidation sites excluding steroid dienone is 5. The van der Waals surface area contributed by atoms with E-state index in [1.807, 2.05) is 6.08 Å². The molecule has 1 N–H and O–H groups in total. The summed E-state index contributed by atoms with van der Waals surface area (Å²) in [6.45, 7) is 7.00. The molecule has 0 aliphatic carbocycles. The molecule has 0 spiro atoms. The summed E-state index contributed by atoms with van der Waals surface area (Å²) in [7, 11) is 0. The zero-order valence-electron chi connectivity index (χ0n) is 7.57. The smallest absolute Gasteiger partial charge is 0.331 e. The third kappa shape index (κ3) is 5.67. The standard InChI is InChI=1S/C11H14O2/c1-3-5-6-7-9-10(8-4-2)11(12)13/h3-6,9H,1-2,7-8H2,(H,12,13). The number of rotatable bonds is 6. The Bertz CT molecular complexity index is 247. The maximum absolute atomic E-state index is 10.6. The van der Waals surface area contributed by atoms with Gasteiger partial charge in [-0.3, -0.25) is 0 Å². The molecule has 0 unspecified atom stereocenters. The molecule has 70 valence electrons. The second kappa shape index (κ2) is 7.10. The summed E-state index contributed by atoms with van der Waals surface area (Å²) in [5, 5.41) is 8.70. The molecule has 2 heteroatoms. The van der Waals surface area contributed by atoms with E-state index in [1.54, 1.807) is 24.3 Å². The highest BCUT2D eigenvalue weighted by atomic mass is 16.4. The van der Waals surface area contributed by atoms with E-state index in [-0.39, 0.29) is 0 Å². The van der Waals surface area contributed by atoms with Crippen molar-refractivity contribution in [3.63, 3.8) is 0 Å². The molecule has 0 amide bonds. The first-order valence-electron chi connectivity index (χ1n) is 4.03. The van der Waals surface area contributed by atoms with Gasteiger partial charge >= 0.3 is 5.97 Å². The lowest BCUT2D eigenvalue weighted by Gasteiger charge is -1.95. The summed E-state index contributed by atoms with van der Waals surface area (Å²) >= 11 is 0. The predicted octanol–water partition coefficient (Wildman–Crippen LogP) is 2.71. The Morgan fingerprint density at radius 2 is 2.08 bits per heavy atom. The molecule has 0 heterocycles. The van der Waals surface area contributed by atoms with Crippen molar-refractivity contribution >= 4 is 5.97 Å². The topological polar surface area (TPSA) is 37.3 Å². The molecule has 0 aromatic heterocycles. The fourth-order valence-electron chi connectivity index (χ4n) is 0.799. The Hall–Kier alpha value is -1.57. The van der Waals surface area contributed by atoms with Crippen LogP contribution < -0.4 is 0 Å². The highest BCUT2D eigenvalue weighted by Gasteiger charge is 2.02. The van der Waals surface area contributed by atoms with E-state index in [2.05, 4.69) is 13.2 Å². The molecule has 0 aliphatic heterocycles. The Labute approximate surface area is 78.6 Å². The minimum absolute atomic E-state index is 0.378. The van der Waals surface area contributed by atoms with Gasteiger partial charge in [-0.2, -0.15) is 0 Å². The maximum atomic E-state index is 10.6. The van der Waals surface area contributed by atoms with Crippen LogP contribution in [0.5, 0.6) is 0 Å². The lowest BCUT2D eigenvalue weighted by Crippen LogP contribution is -1.98. The van der Waals surface area contributed by atoms with E-state index in [4.69, 9.17) is 5.11 Å². The zero-order chi connectivity index (χ0) is 10.1. The number of aliphatic carboxylic acids is 1. The molecule has 0 radical (unpaired) electrons. The van der Waals surface area contributed by atoms with Crippen LogP contribution in [0.1, 0.15) is 12.8 Å². The number of carboxylic acid groups (broad SMARTS) is 1. The molecule has 0 aromatic carbocycles. The van der Waals surface area contributed by atoms with Gasteiger partial charge in [0.1, 0.15) is 0 Å². The molecule has 0 atom stereocenters.